The Labute approximate surface area is 124 Å². The standard InChI is InChI=1S/C13H21N3O2S2/c17-20(18,9-7-10-4-1-2-8-14-10)16-13-15-11-5-3-6-12(11)19-13/h10,14H,1-9H2,(H,15,16). The summed E-state index contributed by atoms with van der Waals surface area (Å²) in [7, 11) is -3.26. The summed E-state index contributed by atoms with van der Waals surface area (Å²) in [5, 5.41) is 3.93. The Balaban J connectivity index is 1.54. The SMILES string of the molecule is O=S(=O)(CCC1CCCCN1)Nc1nc2c(s1)CCC2. The topological polar surface area (TPSA) is 71.1 Å². The molecule has 3 rings (SSSR count). The summed E-state index contributed by atoms with van der Waals surface area (Å²) in [4.78, 5) is 5.63. The molecule has 2 N–H and O–H groups in total. The van der Waals surface area contributed by atoms with Gasteiger partial charge in [-0.2, -0.15) is 0 Å². The van der Waals surface area contributed by atoms with Crippen LogP contribution in [0.4, 0.5) is 5.13 Å². The first-order chi connectivity index (χ1) is 9.62. The van der Waals surface area contributed by atoms with E-state index in [1.165, 1.54) is 29.1 Å². The maximum absolute atomic E-state index is 12.1. The van der Waals surface area contributed by atoms with Crippen LogP contribution in [0.3, 0.4) is 0 Å². The van der Waals surface area contributed by atoms with Crippen molar-refractivity contribution >= 4 is 26.5 Å². The molecule has 0 amide bonds. The van der Waals surface area contributed by atoms with Gasteiger partial charge in [0.1, 0.15) is 0 Å². The van der Waals surface area contributed by atoms with Gasteiger partial charge in [-0.15, -0.1) is 11.3 Å². The van der Waals surface area contributed by atoms with Gasteiger partial charge >= 0.3 is 0 Å². The van der Waals surface area contributed by atoms with E-state index in [-0.39, 0.29) is 5.75 Å². The number of thiazole rings is 1. The van der Waals surface area contributed by atoms with Crippen LogP contribution in [-0.2, 0) is 22.9 Å². The van der Waals surface area contributed by atoms with Crippen LogP contribution in [0.15, 0.2) is 0 Å². The third kappa shape index (κ3) is 3.51. The first-order valence-corrected chi connectivity index (χ1v) is 9.82. The first kappa shape index (κ1) is 14.3. The molecule has 20 heavy (non-hydrogen) atoms. The fraction of sp³-hybridized carbons (Fsp3) is 0.769. The minimum absolute atomic E-state index is 0.176. The number of rotatable bonds is 5. The smallest absolute Gasteiger partial charge is 0.234 e. The van der Waals surface area contributed by atoms with E-state index >= 15 is 0 Å². The van der Waals surface area contributed by atoms with Crippen molar-refractivity contribution in [2.75, 3.05) is 17.0 Å². The molecule has 0 bridgehead atoms. The van der Waals surface area contributed by atoms with E-state index in [1.54, 1.807) is 0 Å². The average molecular weight is 315 g/mol. The largest absolute Gasteiger partial charge is 0.314 e. The van der Waals surface area contributed by atoms with E-state index in [2.05, 4.69) is 15.0 Å². The highest BCUT2D eigenvalue weighted by Gasteiger charge is 2.21. The maximum Gasteiger partial charge on any atom is 0.234 e. The molecular formula is C13H21N3O2S2. The van der Waals surface area contributed by atoms with Crippen molar-refractivity contribution < 1.29 is 8.42 Å². The summed E-state index contributed by atoms with van der Waals surface area (Å²) in [6.07, 6.45) is 7.34. The predicted octanol–water partition coefficient (Wildman–Crippen LogP) is 1.91. The number of piperidine rings is 1. The summed E-state index contributed by atoms with van der Waals surface area (Å²) >= 11 is 1.49. The fourth-order valence-electron chi connectivity index (χ4n) is 2.89. The summed E-state index contributed by atoms with van der Waals surface area (Å²) in [5.41, 5.74) is 1.08. The van der Waals surface area contributed by atoms with Crippen LogP contribution in [0.5, 0.6) is 0 Å². The fourth-order valence-corrected chi connectivity index (χ4v) is 5.34. The molecule has 2 aliphatic rings. The van der Waals surface area contributed by atoms with E-state index in [0.717, 1.165) is 37.9 Å². The number of sulfonamides is 1. The van der Waals surface area contributed by atoms with Gasteiger partial charge in [0.2, 0.25) is 10.0 Å². The molecule has 0 saturated carbocycles. The highest BCUT2D eigenvalue weighted by atomic mass is 32.2. The minimum atomic E-state index is -3.26. The molecule has 1 aliphatic carbocycles. The van der Waals surface area contributed by atoms with Crippen LogP contribution in [0.2, 0.25) is 0 Å². The second kappa shape index (κ2) is 5.99. The number of aromatic nitrogens is 1. The Hall–Kier alpha value is -0.660. The molecule has 1 aromatic heterocycles. The number of hydrogen-bond donors (Lipinski definition) is 2. The van der Waals surface area contributed by atoms with Gasteiger partial charge in [-0.3, -0.25) is 4.72 Å². The molecular weight excluding hydrogens is 294 g/mol. The van der Waals surface area contributed by atoms with Gasteiger partial charge in [0, 0.05) is 10.9 Å². The van der Waals surface area contributed by atoms with Crippen molar-refractivity contribution in [2.24, 2.45) is 0 Å². The third-order valence-electron chi connectivity index (χ3n) is 3.99. The lowest BCUT2D eigenvalue weighted by atomic mass is 10.0. The van der Waals surface area contributed by atoms with Crippen LogP contribution in [0.25, 0.3) is 0 Å². The molecule has 1 aliphatic heterocycles. The molecule has 1 fully saturated rings. The number of hydrogen-bond acceptors (Lipinski definition) is 5. The second-order valence-electron chi connectivity index (χ2n) is 5.60. The first-order valence-electron chi connectivity index (χ1n) is 7.35. The Morgan fingerprint density at radius 2 is 2.20 bits per heavy atom. The lowest BCUT2D eigenvalue weighted by Crippen LogP contribution is -2.36. The van der Waals surface area contributed by atoms with Crippen molar-refractivity contribution in [1.29, 1.82) is 0 Å². The number of nitrogens with one attached hydrogen (secondary N) is 2. The van der Waals surface area contributed by atoms with Crippen molar-refractivity contribution in [3.63, 3.8) is 0 Å². The Kier molecular flexibility index (Phi) is 4.28. The molecule has 7 heteroatoms. The number of fused-ring (bicyclic) bond motifs is 1. The van der Waals surface area contributed by atoms with Gasteiger partial charge in [-0.05, 0) is 45.1 Å². The van der Waals surface area contributed by atoms with Gasteiger partial charge in [0.15, 0.2) is 5.13 Å². The van der Waals surface area contributed by atoms with Crippen LogP contribution in [0.1, 0.15) is 42.7 Å². The molecule has 0 spiro atoms. The van der Waals surface area contributed by atoms with Crippen LogP contribution >= 0.6 is 11.3 Å². The summed E-state index contributed by atoms with van der Waals surface area (Å²) in [5.74, 6) is 0.176. The van der Waals surface area contributed by atoms with E-state index in [9.17, 15) is 8.42 Å². The number of anilines is 1. The van der Waals surface area contributed by atoms with Crippen molar-refractivity contribution in [1.82, 2.24) is 10.3 Å². The molecule has 0 radical (unpaired) electrons. The molecule has 5 nitrogen and oxygen atoms in total. The van der Waals surface area contributed by atoms with E-state index in [1.807, 2.05) is 0 Å². The molecule has 1 aromatic rings. The zero-order valence-corrected chi connectivity index (χ0v) is 13.2. The van der Waals surface area contributed by atoms with Gasteiger partial charge in [0.05, 0.1) is 11.4 Å². The molecule has 112 valence electrons. The highest BCUT2D eigenvalue weighted by Crippen LogP contribution is 2.30. The Morgan fingerprint density at radius 1 is 1.30 bits per heavy atom. The molecule has 1 atom stereocenters. The van der Waals surface area contributed by atoms with Crippen LogP contribution in [-0.4, -0.2) is 31.7 Å². The third-order valence-corrected chi connectivity index (χ3v) is 6.47. The zero-order chi connectivity index (χ0) is 14.0. The van der Waals surface area contributed by atoms with Crippen LogP contribution < -0.4 is 10.0 Å². The molecule has 1 unspecified atom stereocenters. The lowest BCUT2D eigenvalue weighted by Gasteiger charge is -2.23. The zero-order valence-electron chi connectivity index (χ0n) is 11.5. The molecule has 0 aromatic carbocycles. The quantitative estimate of drug-likeness (QED) is 0.870. The van der Waals surface area contributed by atoms with Crippen molar-refractivity contribution in [3.8, 4) is 0 Å². The maximum atomic E-state index is 12.1. The summed E-state index contributed by atoms with van der Waals surface area (Å²) in [6.45, 7) is 1.01. The highest BCUT2D eigenvalue weighted by molar-refractivity contribution is 7.92. The summed E-state index contributed by atoms with van der Waals surface area (Å²) < 4.78 is 26.8. The number of aryl methyl sites for hydroxylation is 2. The Bertz CT molecular complexity index is 541. The molecule has 1 saturated heterocycles. The van der Waals surface area contributed by atoms with Gasteiger partial charge in [-0.1, -0.05) is 6.42 Å². The minimum Gasteiger partial charge on any atom is -0.314 e. The lowest BCUT2D eigenvalue weighted by molar-refractivity contribution is 0.393. The van der Waals surface area contributed by atoms with Crippen molar-refractivity contribution in [3.05, 3.63) is 10.6 Å². The Morgan fingerprint density at radius 3 is 2.95 bits per heavy atom. The van der Waals surface area contributed by atoms with E-state index in [0.29, 0.717) is 17.6 Å². The summed E-state index contributed by atoms with van der Waals surface area (Å²) in [6, 6.07) is 0.349. The second-order valence-corrected chi connectivity index (χ2v) is 8.52. The normalized spacial score (nSPS) is 22.7. The van der Waals surface area contributed by atoms with Gasteiger partial charge < -0.3 is 5.32 Å². The van der Waals surface area contributed by atoms with Crippen LogP contribution in [0, 0.1) is 0 Å². The monoisotopic (exact) mass is 315 g/mol. The number of nitrogens with zero attached hydrogens (tertiary/aromatic N) is 1. The average Bonchev–Trinajstić information content (AvgIpc) is 2.98. The van der Waals surface area contributed by atoms with E-state index < -0.39 is 10.0 Å². The van der Waals surface area contributed by atoms with Crippen molar-refractivity contribution in [2.45, 2.75) is 51.0 Å². The van der Waals surface area contributed by atoms with Gasteiger partial charge in [-0.25, -0.2) is 13.4 Å². The van der Waals surface area contributed by atoms with E-state index in [4.69, 9.17) is 0 Å². The predicted molar refractivity (Wildman–Crippen MR) is 81.8 cm³/mol. The van der Waals surface area contributed by atoms with Gasteiger partial charge in [0.25, 0.3) is 0 Å². The molecule has 2 heterocycles.